The maximum atomic E-state index is 11.5. The second-order valence-corrected chi connectivity index (χ2v) is 3.97. The molecule has 0 fully saturated rings. The third kappa shape index (κ3) is 2.56. The van der Waals surface area contributed by atoms with Gasteiger partial charge in [0.2, 0.25) is 0 Å². The van der Waals surface area contributed by atoms with Crippen molar-refractivity contribution in [3.8, 4) is 0 Å². The second kappa shape index (κ2) is 5.12. The van der Waals surface area contributed by atoms with E-state index >= 15 is 0 Å². The fourth-order valence-electron chi connectivity index (χ4n) is 1.25. The molecule has 0 saturated carbocycles. The van der Waals surface area contributed by atoms with Gasteiger partial charge in [-0.25, -0.2) is 0 Å². The summed E-state index contributed by atoms with van der Waals surface area (Å²) in [5, 5.41) is 11.4. The normalized spacial score (nSPS) is 14.8. The second-order valence-electron chi connectivity index (χ2n) is 2.99. The van der Waals surface area contributed by atoms with Crippen LogP contribution in [-0.2, 0) is 9.53 Å². The average molecular weight is 214 g/mol. The minimum Gasteiger partial charge on any atom is -0.465 e. The summed E-state index contributed by atoms with van der Waals surface area (Å²) in [4.78, 5) is 12.4. The van der Waals surface area contributed by atoms with Crippen LogP contribution in [0.15, 0.2) is 17.5 Å². The highest BCUT2D eigenvalue weighted by molar-refractivity contribution is 7.10. The van der Waals surface area contributed by atoms with Crippen molar-refractivity contribution in [1.82, 2.24) is 0 Å². The van der Waals surface area contributed by atoms with E-state index in [2.05, 4.69) is 0 Å². The van der Waals surface area contributed by atoms with Crippen LogP contribution in [0, 0.1) is 0 Å². The molecule has 14 heavy (non-hydrogen) atoms. The molecule has 0 aliphatic carbocycles. The summed E-state index contributed by atoms with van der Waals surface area (Å²) in [6, 6.07) is 3.69. The van der Waals surface area contributed by atoms with Gasteiger partial charge in [0.05, 0.1) is 12.7 Å². The molecule has 1 rings (SSSR count). The Balaban J connectivity index is 2.80. The molecular formula is C10H14O3S. The van der Waals surface area contributed by atoms with E-state index in [0.29, 0.717) is 6.61 Å². The zero-order valence-electron chi connectivity index (χ0n) is 8.27. The van der Waals surface area contributed by atoms with Crippen molar-refractivity contribution in [3.05, 3.63) is 22.4 Å². The molecular weight excluding hydrogens is 200 g/mol. The SMILES string of the molecule is CCOC(=O)C(c1cccs1)C(C)O. The molecule has 2 atom stereocenters. The van der Waals surface area contributed by atoms with Crippen molar-refractivity contribution < 1.29 is 14.6 Å². The molecule has 0 bridgehead atoms. The van der Waals surface area contributed by atoms with Gasteiger partial charge in [-0.1, -0.05) is 6.07 Å². The number of carbonyl (C=O) groups is 1. The van der Waals surface area contributed by atoms with E-state index in [9.17, 15) is 9.90 Å². The van der Waals surface area contributed by atoms with Crippen LogP contribution >= 0.6 is 11.3 Å². The average Bonchev–Trinajstić information content (AvgIpc) is 2.57. The lowest BCUT2D eigenvalue weighted by Gasteiger charge is -2.16. The van der Waals surface area contributed by atoms with Crippen molar-refractivity contribution in [3.63, 3.8) is 0 Å². The highest BCUT2D eigenvalue weighted by Gasteiger charge is 2.27. The van der Waals surface area contributed by atoms with Crippen LogP contribution in [0.5, 0.6) is 0 Å². The van der Waals surface area contributed by atoms with E-state index in [1.165, 1.54) is 11.3 Å². The van der Waals surface area contributed by atoms with Crippen LogP contribution in [0.4, 0.5) is 0 Å². The number of aliphatic hydroxyl groups is 1. The van der Waals surface area contributed by atoms with Gasteiger partial charge in [-0.2, -0.15) is 0 Å². The van der Waals surface area contributed by atoms with Gasteiger partial charge in [0, 0.05) is 4.88 Å². The van der Waals surface area contributed by atoms with E-state index in [1.54, 1.807) is 13.8 Å². The van der Waals surface area contributed by atoms with Gasteiger partial charge in [0.1, 0.15) is 5.92 Å². The predicted molar refractivity (Wildman–Crippen MR) is 55.4 cm³/mol. The summed E-state index contributed by atoms with van der Waals surface area (Å²) >= 11 is 1.45. The van der Waals surface area contributed by atoms with Gasteiger partial charge < -0.3 is 9.84 Å². The predicted octanol–water partition coefficient (Wildman–Crippen LogP) is 1.78. The van der Waals surface area contributed by atoms with Crippen molar-refractivity contribution in [2.24, 2.45) is 0 Å². The molecule has 0 aromatic carbocycles. The lowest BCUT2D eigenvalue weighted by atomic mass is 10.0. The summed E-state index contributed by atoms with van der Waals surface area (Å²) in [6.45, 7) is 3.69. The zero-order chi connectivity index (χ0) is 10.6. The first-order valence-electron chi connectivity index (χ1n) is 4.55. The van der Waals surface area contributed by atoms with Crippen molar-refractivity contribution in [2.45, 2.75) is 25.9 Å². The number of hydrogen-bond donors (Lipinski definition) is 1. The number of aliphatic hydroxyl groups excluding tert-OH is 1. The Bertz CT molecular complexity index is 280. The Morgan fingerprint density at radius 1 is 1.71 bits per heavy atom. The Morgan fingerprint density at radius 3 is 2.86 bits per heavy atom. The Hall–Kier alpha value is -0.870. The fourth-order valence-corrected chi connectivity index (χ4v) is 2.16. The van der Waals surface area contributed by atoms with E-state index < -0.39 is 12.0 Å². The first-order valence-corrected chi connectivity index (χ1v) is 5.43. The van der Waals surface area contributed by atoms with Crippen LogP contribution in [0.2, 0.25) is 0 Å². The molecule has 1 aromatic rings. The molecule has 3 nitrogen and oxygen atoms in total. The van der Waals surface area contributed by atoms with E-state index in [1.807, 2.05) is 17.5 Å². The highest BCUT2D eigenvalue weighted by Crippen LogP contribution is 2.25. The number of esters is 1. The van der Waals surface area contributed by atoms with Crippen LogP contribution in [0.1, 0.15) is 24.6 Å². The van der Waals surface area contributed by atoms with Gasteiger partial charge in [0.25, 0.3) is 0 Å². The molecule has 1 N–H and O–H groups in total. The van der Waals surface area contributed by atoms with Gasteiger partial charge in [-0.05, 0) is 25.3 Å². The number of carbonyl (C=O) groups excluding carboxylic acids is 1. The first kappa shape index (κ1) is 11.2. The van der Waals surface area contributed by atoms with Gasteiger partial charge in [-0.15, -0.1) is 11.3 Å². The summed E-state index contributed by atoms with van der Waals surface area (Å²) < 4.78 is 4.90. The van der Waals surface area contributed by atoms with Gasteiger partial charge in [-0.3, -0.25) is 4.79 Å². The Kier molecular flexibility index (Phi) is 4.10. The number of thiophene rings is 1. The Labute approximate surface area is 87.3 Å². The summed E-state index contributed by atoms with van der Waals surface area (Å²) in [6.07, 6.45) is -0.715. The quantitative estimate of drug-likeness (QED) is 0.777. The van der Waals surface area contributed by atoms with Crippen LogP contribution in [-0.4, -0.2) is 23.8 Å². The topological polar surface area (TPSA) is 46.5 Å². The van der Waals surface area contributed by atoms with Crippen LogP contribution < -0.4 is 0 Å². The maximum Gasteiger partial charge on any atom is 0.316 e. The maximum absolute atomic E-state index is 11.5. The van der Waals surface area contributed by atoms with Crippen molar-refractivity contribution in [2.75, 3.05) is 6.61 Å². The van der Waals surface area contributed by atoms with E-state index in [4.69, 9.17) is 4.74 Å². The van der Waals surface area contributed by atoms with Crippen molar-refractivity contribution >= 4 is 17.3 Å². The van der Waals surface area contributed by atoms with Crippen molar-refractivity contribution in [1.29, 1.82) is 0 Å². The standard InChI is InChI=1S/C10H14O3S/c1-3-13-10(12)9(7(2)11)8-5-4-6-14-8/h4-7,9,11H,3H2,1-2H3. The Morgan fingerprint density at radius 2 is 2.43 bits per heavy atom. The fraction of sp³-hybridized carbons (Fsp3) is 0.500. The molecule has 0 amide bonds. The molecule has 78 valence electrons. The number of hydrogen-bond acceptors (Lipinski definition) is 4. The number of rotatable bonds is 4. The van der Waals surface area contributed by atoms with Gasteiger partial charge in [0.15, 0.2) is 0 Å². The molecule has 0 saturated heterocycles. The van der Waals surface area contributed by atoms with E-state index in [0.717, 1.165) is 4.88 Å². The number of ether oxygens (including phenoxy) is 1. The monoisotopic (exact) mass is 214 g/mol. The molecule has 1 aromatic heterocycles. The third-order valence-corrected chi connectivity index (χ3v) is 2.83. The largest absolute Gasteiger partial charge is 0.465 e. The van der Waals surface area contributed by atoms with E-state index in [-0.39, 0.29) is 5.97 Å². The molecule has 2 unspecified atom stereocenters. The van der Waals surface area contributed by atoms with Gasteiger partial charge >= 0.3 is 5.97 Å². The molecule has 1 heterocycles. The molecule has 0 radical (unpaired) electrons. The summed E-state index contributed by atoms with van der Waals surface area (Å²) in [5.74, 6) is -0.903. The first-order chi connectivity index (χ1) is 6.66. The van der Waals surface area contributed by atoms with Crippen LogP contribution in [0.25, 0.3) is 0 Å². The molecule has 0 spiro atoms. The third-order valence-electron chi connectivity index (χ3n) is 1.87. The molecule has 4 heteroatoms. The van der Waals surface area contributed by atoms with Crippen LogP contribution in [0.3, 0.4) is 0 Å². The highest BCUT2D eigenvalue weighted by atomic mass is 32.1. The minimum absolute atomic E-state index is 0.341. The smallest absolute Gasteiger partial charge is 0.316 e. The minimum atomic E-state index is -0.715. The zero-order valence-corrected chi connectivity index (χ0v) is 9.08. The molecule has 0 aliphatic rings. The molecule has 0 aliphatic heterocycles. The summed E-state index contributed by atoms with van der Waals surface area (Å²) in [5.41, 5.74) is 0. The lowest BCUT2D eigenvalue weighted by Crippen LogP contribution is -2.24. The lowest BCUT2D eigenvalue weighted by molar-refractivity contribution is -0.147. The summed E-state index contributed by atoms with van der Waals surface area (Å²) in [7, 11) is 0.